The van der Waals surface area contributed by atoms with Crippen LogP contribution in [0.25, 0.3) is 0 Å². The summed E-state index contributed by atoms with van der Waals surface area (Å²) in [6.07, 6.45) is 5.31. The summed E-state index contributed by atoms with van der Waals surface area (Å²) in [5.41, 5.74) is 0.429. The van der Waals surface area contributed by atoms with Gasteiger partial charge >= 0.3 is 0 Å². The van der Waals surface area contributed by atoms with Gasteiger partial charge in [-0.1, -0.05) is 49.6 Å². The molecular weight excluding hydrogens is 632 g/mol. The van der Waals surface area contributed by atoms with Gasteiger partial charge in [0, 0.05) is 24.9 Å². The Morgan fingerprint density at radius 1 is 0.979 bits per heavy atom. The molecule has 4 N–H and O–H groups in total. The minimum Gasteiger partial charge on any atom is -0.456 e. The summed E-state index contributed by atoms with van der Waals surface area (Å²) < 4.78 is 29.6. The Balaban J connectivity index is 1.62. The van der Waals surface area contributed by atoms with E-state index in [0.29, 0.717) is 30.6 Å². The first-order chi connectivity index (χ1) is 22.4. The van der Waals surface area contributed by atoms with Crippen molar-refractivity contribution in [3.05, 3.63) is 59.5 Å². The third-order valence-corrected chi connectivity index (χ3v) is 12.1. The minimum atomic E-state index is -3.87. The SMILES string of the molecule is Cc1ccc(C(=O)NC(C(=O)NC(Cc2ccccc2)C(O)CN2CC3CCCCC3CC2C(=O)NC(C)(C)C)C(C)(C)S(C)(=O)=O)o1. The summed E-state index contributed by atoms with van der Waals surface area (Å²) in [7, 11) is -3.87. The zero-order valence-corrected chi connectivity index (χ0v) is 30.2. The lowest BCUT2D eigenvalue weighted by Gasteiger charge is -2.47. The van der Waals surface area contributed by atoms with Crippen molar-refractivity contribution in [3.8, 4) is 0 Å². The van der Waals surface area contributed by atoms with Crippen molar-refractivity contribution < 1.29 is 32.3 Å². The highest BCUT2D eigenvalue weighted by molar-refractivity contribution is 7.92. The normalized spacial score (nSPS) is 22.5. The molecule has 1 saturated heterocycles. The number of amides is 3. The van der Waals surface area contributed by atoms with E-state index in [1.54, 1.807) is 13.0 Å². The lowest BCUT2D eigenvalue weighted by atomic mass is 9.72. The largest absolute Gasteiger partial charge is 0.456 e. The smallest absolute Gasteiger partial charge is 0.287 e. The molecule has 2 aromatic rings. The number of nitrogens with zero attached hydrogens (tertiary/aromatic N) is 1. The summed E-state index contributed by atoms with van der Waals surface area (Å²) in [6.45, 7) is 11.1. The number of rotatable bonds is 12. The molecule has 1 aliphatic heterocycles. The number of piperidine rings is 1. The molecule has 6 unspecified atom stereocenters. The first-order valence-electron chi connectivity index (χ1n) is 17.0. The summed E-state index contributed by atoms with van der Waals surface area (Å²) in [4.78, 5) is 43.0. The van der Waals surface area contributed by atoms with Gasteiger partial charge in [-0.25, -0.2) is 8.42 Å². The number of benzene rings is 1. The van der Waals surface area contributed by atoms with Crippen LogP contribution in [0.5, 0.6) is 0 Å². The van der Waals surface area contributed by atoms with Crippen LogP contribution in [0.1, 0.15) is 88.6 Å². The summed E-state index contributed by atoms with van der Waals surface area (Å²) in [6, 6.07) is 9.62. The predicted molar refractivity (Wildman–Crippen MR) is 185 cm³/mol. The van der Waals surface area contributed by atoms with Gasteiger partial charge in [-0.2, -0.15) is 0 Å². The molecule has 1 saturated carbocycles. The highest BCUT2D eigenvalue weighted by Crippen LogP contribution is 2.39. The van der Waals surface area contributed by atoms with Gasteiger partial charge in [-0.15, -0.1) is 0 Å². The number of nitrogens with one attached hydrogen (secondary N) is 3. The van der Waals surface area contributed by atoms with Crippen molar-refractivity contribution in [3.63, 3.8) is 0 Å². The third kappa shape index (κ3) is 9.47. The van der Waals surface area contributed by atoms with E-state index >= 15 is 0 Å². The number of aliphatic hydroxyl groups excluding tert-OH is 1. The first-order valence-corrected chi connectivity index (χ1v) is 18.9. The van der Waals surface area contributed by atoms with Crippen molar-refractivity contribution in [2.75, 3.05) is 19.3 Å². The van der Waals surface area contributed by atoms with Crippen LogP contribution in [0.4, 0.5) is 0 Å². The average Bonchev–Trinajstić information content (AvgIpc) is 3.44. The maximum Gasteiger partial charge on any atom is 0.287 e. The lowest BCUT2D eigenvalue weighted by Crippen LogP contribution is -2.64. The Labute approximate surface area is 285 Å². The second-order valence-electron chi connectivity index (χ2n) is 15.3. The van der Waals surface area contributed by atoms with Gasteiger partial charge in [0.1, 0.15) is 11.8 Å². The molecule has 0 bridgehead atoms. The van der Waals surface area contributed by atoms with Crippen molar-refractivity contribution in [2.24, 2.45) is 11.8 Å². The zero-order valence-electron chi connectivity index (χ0n) is 29.4. The molecule has 1 aliphatic carbocycles. The van der Waals surface area contributed by atoms with Crippen LogP contribution >= 0.6 is 0 Å². The molecule has 11 nitrogen and oxygen atoms in total. The molecule has 1 aromatic carbocycles. The highest BCUT2D eigenvalue weighted by atomic mass is 32.2. The van der Waals surface area contributed by atoms with Gasteiger partial charge in [0.15, 0.2) is 15.6 Å². The molecule has 2 aliphatic rings. The number of aliphatic hydroxyl groups is 1. The standard InChI is InChI=1S/C36H54N4O7S/c1-23-17-18-30(47-23)33(43)38-31(36(5,6)48(7,45)46)34(44)37-27(19-24-13-9-8-10-14-24)29(41)22-40-21-26-16-12-11-15-25(26)20-28(40)32(42)39-35(2,3)4/h8-10,13-14,17-18,25-29,31,41H,11-12,15-16,19-22H2,1-7H3,(H,37,44)(H,38,43)(H,39,42). The molecule has 0 radical (unpaired) electrons. The first kappa shape index (κ1) is 37.6. The number of carbonyl (C=O) groups is 3. The molecule has 48 heavy (non-hydrogen) atoms. The van der Waals surface area contributed by atoms with Crippen molar-refractivity contribution in [1.29, 1.82) is 0 Å². The molecule has 2 heterocycles. The molecule has 2 fully saturated rings. The van der Waals surface area contributed by atoms with Gasteiger partial charge in [0.05, 0.1) is 22.9 Å². The Kier molecular flexibility index (Phi) is 11.8. The van der Waals surface area contributed by atoms with E-state index in [9.17, 15) is 27.9 Å². The van der Waals surface area contributed by atoms with E-state index in [-0.39, 0.29) is 24.6 Å². The fraction of sp³-hybridized carbons (Fsp3) is 0.639. The molecule has 3 amide bonds. The Hall–Kier alpha value is -3.22. The summed E-state index contributed by atoms with van der Waals surface area (Å²) >= 11 is 0. The van der Waals surface area contributed by atoms with Crippen molar-refractivity contribution >= 4 is 27.6 Å². The topological polar surface area (TPSA) is 158 Å². The molecule has 0 spiro atoms. The number of hydrogen-bond donors (Lipinski definition) is 4. The van der Waals surface area contributed by atoms with Crippen LogP contribution in [-0.2, 0) is 25.8 Å². The number of hydrogen-bond acceptors (Lipinski definition) is 8. The number of β-amino-alcohol motifs (C(OH)–C–C–N with tert-alkyl or cyclic N) is 1. The second-order valence-corrected chi connectivity index (χ2v) is 17.9. The van der Waals surface area contributed by atoms with Gasteiger partial charge < -0.3 is 25.5 Å². The Bertz CT molecular complexity index is 1530. The number of likely N-dealkylation sites (tertiary alicyclic amines) is 1. The number of carbonyl (C=O) groups excluding carboxylic acids is 3. The van der Waals surface area contributed by atoms with E-state index in [1.807, 2.05) is 51.1 Å². The predicted octanol–water partition coefficient (Wildman–Crippen LogP) is 3.39. The number of fused-ring (bicyclic) bond motifs is 1. The lowest BCUT2D eigenvalue weighted by molar-refractivity contribution is -0.133. The van der Waals surface area contributed by atoms with Crippen LogP contribution < -0.4 is 16.0 Å². The number of sulfone groups is 1. The molecule has 266 valence electrons. The van der Waals surface area contributed by atoms with Crippen molar-refractivity contribution in [2.45, 2.75) is 115 Å². The van der Waals surface area contributed by atoms with Gasteiger partial charge in [0.25, 0.3) is 5.91 Å². The highest BCUT2D eigenvalue weighted by Gasteiger charge is 2.46. The summed E-state index contributed by atoms with van der Waals surface area (Å²) in [5, 5.41) is 20.5. The molecular formula is C36H54N4O7S. The van der Waals surface area contributed by atoms with E-state index in [0.717, 1.165) is 37.5 Å². The average molecular weight is 687 g/mol. The molecule has 1 aromatic heterocycles. The quantitative estimate of drug-likeness (QED) is 0.265. The van der Waals surface area contributed by atoms with Gasteiger partial charge in [-0.05, 0) is 90.3 Å². The fourth-order valence-electron chi connectivity index (χ4n) is 6.94. The van der Waals surface area contributed by atoms with E-state index in [1.165, 1.54) is 19.9 Å². The number of furan rings is 1. The fourth-order valence-corrected chi connectivity index (χ4v) is 7.53. The Morgan fingerprint density at radius 2 is 1.62 bits per heavy atom. The van der Waals surface area contributed by atoms with Crippen LogP contribution in [0, 0.1) is 18.8 Å². The van der Waals surface area contributed by atoms with Crippen LogP contribution in [0.2, 0.25) is 0 Å². The van der Waals surface area contributed by atoms with Gasteiger partial charge in [0.2, 0.25) is 11.8 Å². The maximum atomic E-state index is 14.1. The van der Waals surface area contributed by atoms with Gasteiger partial charge in [-0.3, -0.25) is 19.3 Å². The Morgan fingerprint density at radius 3 is 2.21 bits per heavy atom. The minimum absolute atomic E-state index is 0.0545. The summed E-state index contributed by atoms with van der Waals surface area (Å²) in [5.74, 6) is -0.260. The van der Waals surface area contributed by atoms with E-state index in [4.69, 9.17) is 4.42 Å². The molecule has 12 heteroatoms. The van der Waals surface area contributed by atoms with E-state index < -0.39 is 56.2 Å². The second kappa shape index (κ2) is 15.1. The molecule has 6 atom stereocenters. The molecule has 4 rings (SSSR count). The van der Waals surface area contributed by atoms with Crippen LogP contribution in [0.3, 0.4) is 0 Å². The van der Waals surface area contributed by atoms with Crippen LogP contribution in [0.15, 0.2) is 46.9 Å². The monoisotopic (exact) mass is 686 g/mol. The zero-order chi connectivity index (χ0) is 35.4. The third-order valence-electron chi connectivity index (χ3n) is 9.97. The van der Waals surface area contributed by atoms with Crippen LogP contribution in [-0.4, -0.2) is 90.0 Å². The maximum absolute atomic E-state index is 14.1. The van der Waals surface area contributed by atoms with E-state index in [2.05, 4.69) is 20.9 Å². The van der Waals surface area contributed by atoms with Crippen molar-refractivity contribution in [1.82, 2.24) is 20.9 Å². The number of aryl methyl sites for hydroxylation is 1.